The van der Waals surface area contributed by atoms with Crippen molar-refractivity contribution < 1.29 is 32.7 Å². The number of aromatic nitrogens is 1. The van der Waals surface area contributed by atoms with Crippen LogP contribution < -0.4 is 15.5 Å². The van der Waals surface area contributed by atoms with Crippen molar-refractivity contribution in [2.45, 2.75) is 25.9 Å². The molecule has 0 saturated carbocycles. The summed E-state index contributed by atoms with van der Waals surface area (Å²) in [5.74, 6) is -1.45. The molecule has 0 spiro atoms. The lowest BCUT2D eigenvalue weighted by Crippen LogP contribution is -2.24. The molecule has 8 nitrogen and oxygen atoms in total. The van der Waals surface area contributed by atoms with Gasteiger partial charge in [0.2, 0.25) is 5.91 Å². The number of ketones is 1. The maximum atomic E-state index is 13.8. The molecular formula is C26H25F3N4O4. The summed E-state index contributed by atoms with van der Waals surface area (Å²) in [6, 6.07) is 11.8. The first-order valence-electron chi connectivity index (χ1n) is 11.3. The van der Waals surface area contributed by atoms with E-state index in [1.54, 1.807) is 49.6 Å². The summed E-state index contributed by atoms with van der Waals surface area (Å²) in [5.41, 5.74) is -0.188. The fourth-order valence-corrected chi connectivity index (χ4v) is 3.77. The van der Waals surface area contributed by atoms with Gasteiger partial charge in [-0.3, -0.25) is 19.9 Å². The number of Topliss-reactive ketones (excluding diaryl/α,β-unsaturated/α-hetero) is 1. The van der Waals surface area contributed by atoms with Crippen LogP contribution in [0, 0.1) is 0 Å². The summed E-state index contributed by atoms with van der Waals surface area (Å²) in [4.78, 5) is 42.0. The largest absolute Gasteiger partial charge is 0.465 e. The average Bonchev–Trinajstić information content (AvgIpc) is 2.84. The van der Waals surface area contributed by atoms with Gasteiger partial charge in [-0.05, 0) is 47.9 Å². The van der Waals surface area contributed by atoms with Crippen LogP contribution >= 0.6 is 0 Å². The van der Waals surface area contributed by atoms with E-state index in [2.05, 4.69) is 10.3 Å². The molecule has 0 fully saturated rings. The monoisotopic (exact) mass is 514 g/mol. The van der Waals surface area contributed by atoms with Crippen molar-refractivity contribution in [1.29, 1.82) is 0 Å². The fourth-order valence-electron chi connectivity index (χ4n) is 3.77. The smallest absolute Gasteiger partial charge is 0.418 e. The molecule has 0 unspecified atom stereocenters. The number of nitrogens with zero attached hydrogens (tertiary/aromatic N) is 2. The van der Waals surface area contributed by atoms with Gasteiger partial charge in [-0.15, -0.1) is 0 Å². The zero-order chi connectivity index (χ0) is 27.2. The summed E-state index contributed by atoms with van der Waals surface area (Å²) < 4.78 is 41.5. The molecule has 2 amide bonds. The molecule has 2 aromatic carbocycles. The van der Waals surface area contributed by atoms with Gasteiger partial charge in [0, 0.05) is 31.5 Å². The van der Waals surface area contributed by atoms with Gasteiger partial charge in [0.05, 0.1) is 29.0 Å². The van der Waals surface area contributed by atoms with Crippen LogP contribution in [-0.4, -0.2) is 41.5 Å². The van der Waals surface area contributed by atoms with Crippen molar-refractivity contribution in [1.82, 2.24) is 4.98 Å². The number of hydrogen-bond donors (Lipinski definition) is 3. The van der Waals surface area contributed by atoms with E-state index in [4.69, 9.17) is 0 Å². The molecule has 0 saturated heterocycles. The van der Waals surface area contributed by atoms with E-state index in [1.807, 2.05) is 5.32 Å². The minimum absolute atomic E-state index is 0.237. The van der Waals surface area contributed by atoms with E-state index < -0.39 is 41.6 Å². The summed E-state index contributed by atoms with van der Waals surface area (Å²) in [7, 11) is 1.45. The van der Waals surface area contributed by atoms with E-state index >= 15 is 0 Å². The SMILES string of the molecule is CCCN(C)c1cc(NC(=O)O)c(NC(=O)CC(=O)c2cccc(-c3ccncc3)c2)cc1C(F)(F)F. The zero-order valence-electron chi connectivity index (χ0n) is 20.1. The molecule has 194 valence electrons. The number of carboxylic acid groups (broad SMARTS) is 1. The predicted octanol–water partition coefficient (Wildman–Crippen LogP) is 5.92. The Morgan fingerprint density at radius 1 is 0.973 bits per heavy atom. The number of carbonyl (C=O) groups is 3. The number of anilines is 3. The number of benzene rings is 2. The first-order valence-corrected chi connectivity index (χ1v) is 11.3. The first kappa shape index (κ1) is 27.2. The molecule has 1 heterocycles. The molecule has 3 aromatic rings. The van der Waals surface area contributed by atoms with Crippen LogP contribution in [0.2, 0.25) is 0 Å². The van der Waals surface area contributed by atoms with Crippen molar-refractivity contribution in [3.63, 3.8) is 0 Å². The van der Waals surface area contributed by atoms with Crippen molar-refractivity contribution >= 4 is 34.8 Å². The van der Waals surface area contributed by atoms with Gasteiger partial charge in [0.15, 0.2) is 5.78 Å². The third-order valence-corrected chi connectivity index (χ3v) is 5.45. The van der Waals surface area contributed by atoms with Crippen molar-refractivity contribution in [3.05, 3.63) is 72.1 Å². The molecular weight excluding hydrogens is 489 g/mol. The number of nitrogens with one attached hydrogen (secondary N) is 2. The Balaban J connectivity index is 1.88. The van der Waals surface area contributed by atoms with Crippen LogP contribution in [-0.2, 0) is 11.0 Å². The van der Waals surface area contributed by atoms with Gasteiger partial charge in [-0.1, -0.05) is 25.1 Å². The number of amides is 2. The normalized spacial score (nSPS) is 11.1. The maximum Gasteiger partial charge on any atom is 0.418 e. The Labute approximate surface area is 211 Å². The van der Waals surface area contributed by atoms with Gasteiger partial charge in [-0.25, -0.2) is 4.79 Å². The van der Waals surface area contributed by atoms with Crippen molar-refractivity contribution in [2.24, 2.45) is 0 Å². The Kier molecular flexibility index (Phi) is 8.49. The lowest BCUT2D eigenvalue weighted by atomic mass is 10.0. The Hall–Kier alpha value is -4.41. The molecule has 0 aliphatic rings. The van der Waals surface area contributed by atoms with Crippen LogP contribution in [0.15, 0.2) is 60.9 Å². The fraction of sp³-hybridized carbons (Fsp3) is 0.231. The predicted molar refractivity (Wildman–Crippen MR) is 134 cm³/mol. The number of hydrogen-bond acceptors (Lipinski definition) is 5. The molecule has 0 radical (unpaired) electrons. The summed E-state index contributed by atoms with van der Waals surface area (Å²) in [6.45, 7) is 2.08. The molecule has 11 heteroatoms. The van der Waals surface area contributed by atoms with Crippen LogP contribution in [0.25, 0.3) is 11.1 Å². The number of pyridine rings is 1. The van der Waals surface area contributed by atoms with Crippen LogP contribution in [0.3, 0.4) is 0 Å². The van der Waals surface area contributed by atoms with Gasteiger partial charge in [-0.2, -0.15) is 13.2 Å². The topological polar surface area (TPSA) is 112 Å². The van der Waals surface area contributed by atoms with E-state index in [9.17, 15) is 32.7 Å². The van der Waals surface area contributed by atoms with Gasteiger partial charge in [0.1, 0.15) is 0 Å². The summed E-state index contributed by atoms with van der Waals surface area (Å²) >= 11 is 0. The van der Waals surface area contributed by atoms with E-state index in [1.165, 1.54) is 18.0 Å². The van der Waals surface area contributed by atoms with Crippen molar-refractivity contribution in [3.8, 4) is 11.1 Å². The number of rotatable bonds is 9. The standard InChI is InChI=1S/C26H25F3N4O4/c1-3-11-33(2)22-14-21(32-25(36)37)20(13-19(22)26(27,28)29)31-24(35)15-23(34)18-6-4-5-17(12-18)16-7-9-30-10-8-16/h4-10,12-14,32H,3,11,15H2,1-2H3,(H,31,35)(H,36,37). The molecule has 0 aliphatic carbocycles. The Bertz CT molecular complexity index is 1300. The number of alkyl halides is 3. The molecule has 0 bridgehead atoms. The van der Waals surface area contributed by atoms with Crippen LogP contribution in [0.5, 0.6) is 0 Å². The zero-order valence-corrected chi connectivity index (χ0v) is 20.1. The molecule has 3 rings (SSSR count). The first-order chi connectivity index (χ1) is 17.5. The average molecular weight is 515 g/mol. The second kappa shape index (κ2) is 11.5. The van der Waals surface area contributed by atoms with E-state index in [0.717, 1.165) is 17.2 Å². The van der Waals surface area contributed by atoms with Gasteiger partial charge in [0.25, 0.3) is 0 Å². The van der Waals surface area contributed by atoms with E-state index in [0.29, 0.717) is 12.5 Å². The molecule has 0 atom stereocenters. The molecule has 0 aliphatic heterocycles. The minimum atomic E-state index is -4.78. The third kappa shape index (κ3) is 7.06. The van der Waals surface area contributed by atoms with Crippen molar-refractivity contribution in [2.75, 3.05) is 29.1 Å². The lowest BCUT2D eigenvalue weighted by Gasteiger charge is -2.25. The highest BCUT2D eigenvalue weighted by molar-refractivity contribution is 6.12. The molecule has 37 heavy (non-hydrogen) atoms. The number of halogens is 3. The molecule has 1 aromatic heterocycles. The Morgan fingerprint density at radius 3 is 2.27 bits per heavy atom. The third-order valence-electron chi connectivity index (χ3n) is 5.45. The second-order valence-corrected chi connectivity index (χ2v) is 8.23. The molecule has 3 N–H and O–H groups in total. The quantitative estimate of drug-likeness (QED) is 0.242. The van der Waals surface area contributed by atoms with E-state index in [-0.39, 0.29) is 23.5 Å². The highest BCUT2D eigenvalue weighted by Gasteiger charge is 2.36. The summed E-state index contributed by atoms with van der Waals surface area (Å²) in [6.07, 6.45) is -3.21. The van der Waals surface area contributed by atoms with Crippen LogP contribution in [0.1, 0.15) is 35.7 Å². The highest BCUT2D eigenvalue weighted by Crippen LogP contribution is 2.41. The Morgan fingerprint density at radius 2 is 1.65 bits per heavy atom. The number of carbonyl (C=O) groups excluding carboxylic acids is 2. The maximum absolute atomic E-state index is 13.8. The van der Waals surface area contributed by atoms with Gasteiger partial charge < -0.3 is 15.3 Å². The highest BCUT2D eigenvalue weighted by atomic mass is 19.4. The minimum Gasteiger partial charge on any atom is -0.465 e. The summed E-state index contributed by atoms with van der Waals surface area (Å²) in [5, 5.41) is 13.5. The second-order valence-electron chi connectivity index (χ2n) is 8.23. The van der Waals surface area contributed by atoms with Gasteiger partial charge >= 0.3 is 12.3 Å². The van der Waals surface area contributed by atoms with Crippen LogP contribution in [0.4, 0.5) is 35.0 Å². The lowest BCUT2D eigenvalue weighted by molar-refractivity contribution is -0.137.